The third-order valence-electron chi connectivity index (χ3n) is 2.60. The number of hydrogen-bond donors (Lipinski definition) is 2. The van der Waals surface area contributed by atoms with Gasteiger partial charge in [-0.05, 0) is 25.1 Å². The maximum absolute atomic E-state index is 9.75. The molecule has 0 amide bonds. The molecule has 0 aromatic heterocycles. The zero-order valence-electron chi connectivity index (χ0n) is 9.57. The molecule has 88 valence electrons. The highest BCUT2D eigenvalue weighted by molar-refractivity contribution is 6.32. The lowest BCUT2D eigenvalue weighted by Crippen LogP contribution is -1.99. The number of hydrogen-bond acceptors (Lipinski definition) is 2. The molecule has 0 bridgehead atoms. The highest BCUT2D eigenvalue weighted by Gasteiger charge is 2.04. The van der Waals surface area contributed by atoms with E-state index in [1.165, 1.54) is 5.56 Å². The molecule has 2 aromatic rings. The molecule has 2 N–H and O–H groups in total. The molecule has 2 aromatic carbocycles. The van der Waals surface area contributed by atoms with E-state index in [0.717, 1.165) is 11.3 Å². The summed E-state index contributed by atoms with van der Waals surface area (Å²) in [6.07, 6.45) is 0. The second-order valence-corrected chi connectivity index (χ2v) is 4.37. The number of anilines is 1. The minimum absolute atomic E-state index is 0.147. The molecule has 3 heteroatoms. The maximum atomic E-state index is 9.75. The number of aryl methyl sites for hydroxylation is 1. The van der Waals surface area contributed by atoms with Gasteiger partial charge in [0.1, 0.15) is 5.75 Å². The van der Waals surface area contributed by atoms with Gasteiger partial charge in [0.15, 0.2) is 0 Å². The van der Waals surface area contributed by atoms with Gasteiger partial charge in [-0.25, -0.2) is 0 Å². The average Bonchev–Trinajstić information content (AvgIpc) is 2.33. The molecule has 0 aliphatic rings. The molecule has 0 saturated heterocycles. The van der Waals surface area contributed by atoms with E-state index in [1.54, 1.807) is 6.07 Å². The molecule has 2 nitrogen and oxygen atoms in total. The molecule has 0 unspecified atom stereocenters. The number of benzene rings is 2. The lowest BCUT2D eigenvalue weighted by Gasteiger charge is -2.09. The summed E-state index contributed by atoms with van der Waals surface area (Å²) < 4.78 is 0. The molecule has 0 atom stereocenters. The minimum Gasteiger partial charge on any atom is -0.506 e. The van der Waals surface area contributed by atoms with Crippen LogP contribution in [0.4, 0.5) is 5.69 Å². The van der Waals surface area contributed by atoms with Gasteiger partial charge in [0, 0.05) is 17.8 Å². The number of phenolic OH excluding ortho intramolecular Hbond substituents is 1. The summed E-state index contributed by atoms with van der Waals surface area (Å²) in [5, 5.41) is 13.4. The molecule has 0 saturated carbocycles. The first-order valence-corrected chi connectivity index (χ1v) is 5.81. The van der Waals surface area contributed by atoms with Gasteiger partial charge < -0.3 is 10.4 Å². The fourth-order valence-electron chi connectivity index (χ4n) is 1.57. The largest absolute Gasteiger partial charge is 0.506 e. The van der Waals surface area contributed by atoms with E-state index in [9.17, 15) is 5.11 Å². The van der Waals surface area contributed by atoms with Crippen LogP contribution in [0.2, 0.25) is 5.02 Å². The highest BCUT2D eigenvalue weighted by Crippen LogP contribution is 2.27. The Morgan fingerprint density at radius 2 is 1.82 bits per heavy atom. The second kappa shape index (κ2) is 5.11. The number of nitrogens with one attached hydrogen (secondary N) is 1. The second-order valence-electron chi connectivity index (χ2n) is 3.97. The summed E-state index contributed by atoms with van der Waals surface area (Å²) in [5.74, 6) is 0.147. The molecule has 0 fully saturated rings. The van der Waals surface area contributed by atoms with Gasteiger partial charge in [-0.2, -0.15) is 0 Å². The Hall–Kier alpha value is -1.67. The molecule has 17 heavy (non-hydrogen) atoms. The van der Waals surface area contributed by atoms with Gasteiger partial charge in [0.25, 0.3) is 0 Å². The smallest absolute Gasteiger partial charge is 0.139 e. The van der Waals surface area contributed by atoms with Crippen LogP contribution in [0, 0.1) is 6.92 Å². The van der Waals surface area contributed by atoms with Gasteiger partial charge in [0.05, 0.1) is 5.02 Å². The van der Waals surface area contributed by atoms with Gasteiger partial charge in [-0.15, -0.1) is 0 Å². The molecule has 0 aliphatic carbocycles. The van der Waals surface area contributed by atoms with Crippen molar-refractivity contribution in [3.05, 3.63) is 58.6 Å². The average molecular weight is 248 g/mol. The number of rotatable bonds is 3. The number of para-hydroxylation sites is 1. The van der Waals surface area contributed by atoms with E-state index in [2.05, 4.69) is 5.32 Å². The number of aromatic hydroxyl groups is 1. The van der Waals surface area contributed by atoms with E-state index in [-0.39, 0.29) is 5.75 Å². The molecular weight excluding hydrogens is 234 g/mol. The molecule has 0 aliphatic heterocycles. The minimum atomic E-state index is 0.147. The Morgan fingerprint density at radius 3 is 2.53 bits per heavy atom. The lowest BCUT2D eigenvalue weighted by atomic mass is 10.2. The molecule has 2 rings (SSSR count). The summed E-state index contributed by atoms with van der Waals surface area (Å²) in [6, 6.07) is 13.5. The number of halogens is 1. The van der Waals surface area contributed by atoms with Crippen molar-refractivity contribution < 1.29 is 5.11 Å². The normalized spacial score (nSPS) is 10.2. The van der Waals surface area contributed by atoms with Gasteiger partial charge >= 0.3 is 0 Å². The lowest BCUT2D eigenvalue weighted by molar-refractivity contribution is 0.469. The third-order valence-corrected chi connectivity index (χ3v) is 2.91. The zero-order chi connectivity index (χ0) is 12.3. The Balaban J connectivity index is 2.07. The van der Waals surface area contributed by atoms with Crippen molar-refractivity contribution in [2.45, 2.75) is 13.5 Å². The van der Waals surface area contributed by atoms with E-state index >= 15 is 0 Å². The van der Waals surface area contributed by atoms with Crippen LogP contribution in [0.15, 0.2) is 42.5 Å². The van der Waals surface area contributed by atoms with Crippen LogP contribution in [0.5, 0.6) is 5.75 Å². The quantitative estimate of drug-likeness (QED) is 0.860. The van der Waals surface area contributed by atoms with Crippen molar-refractivity contribution in [1.29, 1.82) is 0 Å². The van der Waals surface area contributed by atoms with E-state index in [1.807, 2.05) is 43.3 Å². The van der Waals surface area contributed by atoms with Crippen LogP contribution in [0.3, 0.4) is 0 Å². The van der Waals surface area contributed by atoms with Crippen LogP contribution in [-0.4, -0.2) is 5.11 Å². The molecule has 0 radical (unpaired) electrons. The van der Waals surface area contributed by atoms with Crippen LogP contribution in [-0.2, 0) is 6.54 Å². The van der Waals surface area contributed by atoms with Crippen molar-refractivity contribution in [1.82, 2.24) is 0 Å². The zero-order valence-corrected chi connectivity index (χ0v) is 10.3. The third kappa shape index (κ3) is 2.92. The fourth-order valence-corrected chi connectivity index (χ4v) is 1.77. The maximum Gasteiger partial charge on any atom is 0.139 e. The van der Waals surface area contributed by atoms with Gasteiger partial charge in [-0.3, -0.25) is 0 Å². The Morgan fingerprint density at radius 1 is 1.12 bits per heavy atom. The van der Waals surface area contributed by atoms with E-state index in [0.29, 0.717) is 11.6 Å². The topological polar surface area (TPSA) is 32.3 Å². The van der Waals surface area contributed by atoms with Crippen molar-refractivity contribution in [2.24, 2.45) is 0 Å². The first kappa shape index (κ1) is 11.8. The van der Waals surface area contributed by atoms with E-state index in [4.69, 9.17) is 11.6 Å². The summed E-state index contributed by atoms with van der Waals surface area (Å²) in [4.78, 5) is 0. The first-order valence-electron chi connectivity index (χ1n) is 5.44. The summed E-state index contributed by atoms with van der Waals surface area (Å²) in [7, 11) is 0. The molecular formula is C14H14ClNO. The standard InChI is InChI=1S/C14H14ClNO/c1-10-5-7-12(8-6-10)16-9-11-3-2-4-13(15)14(11)17/h2-8,16-17H,9H2,1H3. The van der Waals surface area contributed by atoms with Crippen LogP contribution in [0.1, 0.15) is 11.1 Å². The van der Waals surface area contributed by atoms with Crippen LogP contribution in [0.25, 0.3) is 0 Å². The van der Waals surface area contributed by atoms with Crippen molar-refractivity contribution in [3.63, 3.8) is 0 Å². The fraction of sp³-hybridized carbons (Fsp3) is 0.143. The van der Waals surface area contributed by atoms with E-state index < -0.39 is 0 Å². The van der Waals surface area contributed by atoms with Gasteiger partial charge in [0.2, 0.25) is 0 Å². The Bertz CT molecular complexity index is 508. The summed E-state index contributed by atoms with van der Waals surface area (Å²) in [5.41, 5.74) is 3.04. The first-order chi connectivity index (χ1) is 8.16. The van der Waals surface area contributed by atoms with Gasteiger partial charge in [-0.1, -0.05) is 41.4 Å². The predicted molar refractivity (Wildman–Crippen MR) is 71.6 cm³/mol. The SMILES string of the molecule is Cc1ccc(NCc2cccc(Cl)c2O)cc1. The van der Waals surface area contributed by atoms with Crippen molar-refractivity contribution >= 4 is 17.3 Å². The summed E-state index contributed by atoms with van der Waals surface area (Å²) in [6.45, 7) is 2.60. The Kier molecular flexibility index (Phi) is 3.55. The Labute approximate surface area is 106 Å². The van der Waals surface area contributed by atoms with Crippen molar-refractivity contribution in [2.75, 3.05) is 5.32 Å². The van der Waals surface area contributed by atoms with Crippen LogP contribution < -0.4 is 5.32 Å². The molecule has 0 heterocycles. The predicted octanol–water partition coefficient (Wildman–Crippen LogP) is 3.97. The van der Waals surface area contributed by atoms with Crippen molar-refractivity contribution in [3.8, 4) is 5.75 Å². The molecule has 0 spiro atoms. The monoisotopic (exact) mass is 247 g/mol. The van der Waals surface area contributed by atoms with Crippen LogP contribution >= 0.6 is 11.6 Å². The number of phenols is 1. The highest BCUT2D eigenvalue weighted by atomic mass is 35.5. The summed E-state index contributed by atoms with van der Waals surface area (Å²) >= 11 is 5.84.